The normalized spacial score (nSPS) is 22.6. The van der Waals surface area contributed by atoms with Crippen LogP contribution in [0.4, 0.5) is 0 Å². The Bertz CT molecular complexity index is 376. The lowest BCUT2D eigenvalue weighted by Gasteiger charge is -2.32. The summed E-state index contributed by atoms with van der Waals surface area (Å²) < 4.78 is 2.65. The molecule has 0 spiro atoms. The third-order valence-corrected chi connectivity index (χ3v) is 4.74. The standard InChI is InChI=1S/C18H33N2/c1-5-9-19(10-6-2)16-13-17(15-18(3,4)14-16)20-11-7-8-12-20/h13H,5-12,14-15H2,1-4H3/q+1/p+1. The summed E-state index contributed by atoms with van der Waals surface area (Å²) in [5, 5.41) is 0. The highest BCUT2D eigenvalue weighted by molar-refractivity contribution is 5.92. The van der Waals surface area contributed by atoms with Crippen LogP contribution in [0.15, 0.2) is 11.8 Å². The monoisotopic (exact) mass is 278 g/mol. The summed E-state index contributed by atoms with van der Waals surface area (Å²) in [6, 6.07) is 0. The molecule has 0 bridgehead atoms. The Morgan fingerprint density at radius 2 is 1.65 bits per heavy atom. The zero-order valence-electron chi connectivity index (χ0n) is 14.1. The number of allylic oxidation sites excluding steroid dienone is 2. The molecule has 0 aromatic carbocycles. The number of rotatable bonds is 5. The molecule has 0 amide bonds. The molecule has 0 radical (unpaired) electrons. The summed E-state index contributed by atoms with van der Waals surface area (Å²) in [4.78, 5) is 1.74. The van der Waals surface area contributed by atoms with Crippen LogP contribution in [0.2, 0.25) is 0 Å². The Morgan fingerprint density at radius 3 is 2.20 bits per heavy atom. The van der Waals surface area contributed by atoms with Crippen molar-refractivity contribution >= 4 is 5.71 Å². The van der Waals surface area contributed by atoms with Crippen LogP contribution in [-0.4, -0.2) is 36.5 Å². The van der Waals surface area contributed by atoms with Crippen molar-refractivity contribution in [1.29, 1.82) is 0 Å². The molecule has 2 heteroatoms. The first-order valence-electron chi connectivity index (χ1n) is 8.72. The van der Waals surface area contributed by atoms with Gasteiger partial charge in [-0.25, -0.2) is 4.58 Å². The molecule has 1 heterocycles. The molecule has 0 aromatic heterocycles. The fraction of sp³-hybridized carbons (Fsp3) is 0.833. The van der Waals surface area contributed by atoms with Gasteiger partial charge in [0.25, 0.3) is 0 Å². The molecule has 2 rings (SSSR count). The smallest absolute Gasteiger partial charge is 0.182 e. The number of quaternary nitrogens is 1. The van der Waals surface area contributed by atoms with Gasteiger partial charge in [-0.1, -0.05) is 27.7 Å². The summed E-state index contributed by atoms with van der Waals surface area (Å²) in [6.07, 6.45) is 10.4. The number of hydrogen-bond donors (Lipinski definition) is 1. The number of hydrogen-bond acceptors (Lipinski definition) is 0. The lowest BCUT2D eigenvalue weighted by molar-refractivity contribution is -0.863. The minimum atomic E-state index is 0.439. The molecular formula is C18H34N2+2. The predicted molar refractivity (Wildman–Crippen MR) is 86.6 cm³/mol. The van der Waals surface area contributed by atoms with E-state index in [0.717, 1.165) is 0 Å². The van der Waals surface area contributed by atoms with Gasteiger partial charge in [0.15, 0.2) is 5.71 Å². The van der Waals surface area contributed by atoms with Gasteiger partial charge in [0.1, 0.15) is 18.8 Å². The summed E-state index contributed by atoms with van der Waals surface area (Å²) in [5.41, 5.74) is 3.74. The molecular weight excluding hydrogens is 244 g/mol. The van der Waals surface area contributed by atoms with E-state index in [4.69, 9.17) is 0 Å². The minimum absolute atomic E-state index is 0.439. The van der Waals surface area contributed by atoms with Gasteiger partial charge < -0.3 is 4.90 Å². The van der Waals surface area contributed by atoms with Crippen molar-refractivity contribution in [3.05, 3.63) is 11.8 Å². The Hall–Kier alpha value is -0.630. The van der Waals surface area contributed by atoms with Crippen molar-refractivity contribution in [2.45, 2.75) is 66.2 Å². The lowest BCUT2D eigenvalue weighted by atomic mass is 9.78. The van der Waals surface area contributed by atoms with Crippen molar-refractivity contribution in [2.24, 2.45) is 5.41 Å². The average molecular weight is 278 g/mol. The second-order valence-corrected chi connectivity index (χ2v) is 7.48. The van der Waals surface area contributed by atoms with Crippen LogP contribution in [0.3, 0.4) is 0 Å². The molecule has 0 atom stereocenters. The molecule has 0 aromatic rings. The quantitative estimate of drug-likeness (QED) is 0.740. The fourth-order valence-corrected chi connectivity index (χ4v) is 3.86. The molecule has 114 valence electrons. The highest BCUT2D eigenvalue weighted by Gasteiger charge is 2.35. The predicted octanol–water partition coefficient (Wildman–Crippen LogP) is 2.64. The number of nitrogens with one attached hydrogen (secondary N) is 1. The molecule has 1 fully saturated rings. The molecule has 20 heavy (non-hydrogen) atoms. The van der Waals surface area contributed by atoms with Gasteiger partial charge in [0.2, 0.25) is 0 Å². The van der Waals surface area contributed by atoms with Crippen molar-refractivity contribution in [3.63, 3.8) is 0 Å². The lowest BCUT2D eigenvalue weighted by Crippen LogP contribution is -3.10. The Balaban J connectivity index is 2.26. The molecule has 0 saturated carbocycles. The van der Waals surface area contributed by atoms with Crippen LogP contribution < -0.4 is 4.90 Å². The van der Waals surface area contributed by atoms with E-state index in [1.165, 1.54) is 64.7 Å². The summed E-state index contributed by atoms with van der Waals surface area (Å²) >= 11 is 0. The third kappa shape index (κ3) is 3.94. The summed E-state index contributed by atoms with van der Waals surface area (Å²) in [7, 11) is 0. The van der Waals surface area contributed by atoms with Crippen LogP contribution in [0, 0.1) is 5.41 Å². The zero-order chi connectivity index (χ0) is 14.6. The molecule has 1 saturated heterocycles. The van der Waals surface area contributed by atoms with Gasteiger partial charge in [-0.3, -0.25) is 0 Å². The molecule has 2 aliphatic rings. The van der Waals surface area contributed by atoms with Gasteiger partial charge in [-0.15, -0.1) is 0 Å². The van der Waals surface area contributed by atoms with Crippen molar-refractivity contribution < 1.29 is 9.48 Å². The maximum atomic E-state index is 2.65. The van der Waals surface area contributed by atoms with E-state index in [9.17, 15) is 0 Å². The van der Waals surface area contributed by atoms with E-state index in [1.807, 2.05) is 0 Å². The Kier molecular flexibility index (Phi) is 5.42. The van der Waals surface area contributed by atoms with E-state index < -0.39 is 0 Å². The van der Waals surface area contributed by atoms with Crippen molar-refractivity contribution in [3.8, 4) is 0 Å². The summed E-state index contributed by atoms with van der Waals surface area (Å²) in [6.45, 7) is 14.7. The molecule has 1 aliphatic carbocycles. The summed E-state index contributed by atoms with van der Waals surface area (Å²) in [5.74, 6) is 0. The van der Waals surface area contributed by atoms with Gasteiger partial charge >= 0.3 is 0 Å². The Morgan fingerprint density at radius 1 is 1.05 bits per heavy atom. The second kappa shape index (κ2) is 6.89. The first-order chi connectivity index (χ1) is 9.55. The first kappa shape index (κ1) is 15.8. The fourth-order valence-electron chi connectivity index (χ4n) is 3.86. The van der Waals surface area contributed by atoms with Crippen LogP contribution in [0.25, 0.3) is 0 Å². The van der Waals surface area contributed by atoms with Crippen molar-refractivity contribution in [1.82, 2.24) is 0 Å². The maximum absolute atomic E-state index is 2.65. The number of nitrogens with zero attached hydrogens (tertiary/aromatic N) is 1. The van der Waals surface area contributed by atoms with Crippen LogP contribution in [-0.2, 0) is 0 Å². The highest BCUT2D eigenvalue weighted by Crippen LogP contribution is 2.32. The SMILES string of the molecule is CCC[NH+](CCC)C1=CC(=[N+]2CCCC2)CC(C)(C)C1. The molecule has 1 aliphatic heterocycles. The van der Waals surface area contributed by atoms with E-state index in [2.05, 4.69) is 38.3 Å². The zero-order valence-corrected chi connectivity index (χ0v) is 14.1. The van der Waals surface area contributed by atoms with E-state index in [0.29, 0.717) is 5.41 Å². The van der Waals surface area contributed by atoms with Gasteiger partial charge in [0, 0.05) is 25.7 Å². The molecule has 1 N–H and O–H groups in total. The first-order valence-corrected chi connectivity index (χ1v) is 8.72. The minimum Gasteiger partial charge on any atom is -0.306 e. The van der Waals surface area contributed by atoms with E-state index >= 15 is 0 Å². The van der Waals surface area contributed by atoms with E-state index in [-0.39, 0.29) is 0 Å². The average Bonchev–Trinajstić information content (AvgIpc) is 2.90. The Labute approximate surface area is 125 Å². The van der Waals surface area contributed by atoms with Crippen LogP contribution in [0.5, 0.6) is 0 Å². The van der Waals surface area contributed by atoms with Gasteiger partial charge in [-0.2, -0.15) is 0 Å². The second-order valence-electron chi connectivity index (χ2n) is 7.48. The van der Waals surface area contributed by atoms with Crippen LogP contribution in [0.1, 0.15) is 66.2 Å². The largest absolute Gasteiger partial charge is 0.306 e. The molecule has 0 unspecified atom stereocenters. The van der Waals surface area contributed by atoms with Crippen LogP contribution >= 0.6 is 0 Å². The van der Waals surface area contributed by atoms with Crippen molar-refractivity contribution in [2.75, 3.05) is 26.2 Å². The third-order valence-electron chi connectivity index (χ3n) is 4.74. The molecule has 2 nitrogen and oxygen atoms in total. The highest BCUT2D eigenvalue weighted by atomic mass is 15.1. The van der Waals surface area contributed by atoms with Gasteiger partial charge in [-0.05, 0) is 18.3 Å². The van der Waals surface area contributed by atoms with Gasteiger partial charge in [0.05, 0.1) is 19.2 Å². The topological polar surface area (TPSA) is 7.45 Å². The van der Waals surface area contributed by atoms with E-state index in [1.54, 1.807) is 16.3 Å². The maximum Gasteiger partial charge on any atom is 0.182 e.